The second-order valence-electron chi connectivity index (χ2n) is 2.75. The third-order valence-electron chi connectivity index (χ3n) is 1.59. The molecule has 8 heteroatoms. The van der Waals surface area contributed by atoms with Crippen LogP contribution in [0, 0.1) is 0 Å². The summed E-state index contributed by atoms with van der Waals surface area (Å²) < 4.78 is 10.1. The van der Waals surface area contributed by atoms with E-state index in [1.807, 2.05) is 0 Å². The van der Waals surface area contributed by atoms with Crippen molar-refractivity contribution in [3.05, 3.63) is 10.4 Å². The zero-order valence-electron chi connectivity index (χ0n) is 8.74. The quantitative estimate of drug-likeness (QED) is 0.750. The minimum atomic E-state index is 0.0483. The van der Waals surface area contributed by atoms with Crippen molar-refractivity contribution in [2.45, 2.75) is 0 Å². The highest BCUT2D eigenvalue weighted by Crippen LogP contribution is 2.15. The molecule has 0 spiro atoms. The van der Waals surface area contributed by atoms with Crippen molar-refractivity contribution in [3.8, 4) is 0 Å². The van der Waals surface area contributed by atoms with Crippen LogP contribution in [-0.4, -0.2) is 48.7 Å². The van der Waals surface area contributed by atoms with Crippen LogP contribution in [0.15, 0.2) is 0 Å². The number of nitrogens with one attached hydrogen (secondary N) is 1. The van der Waals surface area contributed by atoms with E-state index in [9.17, 15) is 0 Å². The van der Waals surface area contributed by atoms with E-state index in [1.54, 1.807) is 7.11 Å². The Morgan fingerprint density at radius 2 is 2.00 bits per heavy atom. The van der Waals surface area contributed by atoms with Crippen LogP contribution in [0.4, 0.5) is 5.82 Å². The fraction of sp³-hybridized carbons (Fsp3) is 0.625. The van der Waals surface area contributed by atoms with E-state index in [-0.39, 0.29) is 10.4 Å². The summed E-state index contributed by atoms with van der Waals surface area (Å²) in [5.74, 6) is 0.400. The summed E-state index contributed by atoms with van der Waals surface area (Å²) in [5.41, 5.74) is 0. The highest BCUT2D eigenvalue weighted by molar-refractivity contribution is 6.32. The summed E-state index contributed by atoms with van der Waals surface area (Å²) in [6, 6.07) is 0. The highest BCUT2D eigenvalue weighted by Gasteiger charge is 2.04. The molecule has 16 heavy (non-hydrogen) atoms. The lowest BCUT2D eigenvalue weighted by atomic mass is 10.6. The maximum atomic E-state index is 5.74. The van der Waals surface area contributed by atoms with Gasteiger partial charge in [-0.25, -0.2) is 0 Å². The number of rotatable bonds is 7. The van der Waals surface area contributed by atoms with E-state index in [0.717, 1.165) is 0 Å². The Hall–Kier alpha value is -0.690. The van der Waals surface area contributed by atoms with Crippen molar-refractivity contribution in [2.24, 2.45) is 0 Å². The highest BCUT2D eigenvalue weighted by atomic mass is 35.5. The molecule has 0 aliphatic heterocycles. The van der Waals surface area contributed by atoms with Gasteiger partial charge < -0.3 is 14.8 Å². The molecule has 0 saturated heterocycles. The van der Waals surface area contributed by atoms with Gasteiger partial charge >= 0.3 is 0 Å². The maximum absolute atomic E-state index is 5.74. The summed E-state index contributed by atoms with van der Waals surface area (Å²) >= 11 is 11.3. The maximum Gasteiger partial charge on any atom is 0.245 e. The Morgan fingerprint density at radius 3 is 2.75 bits per heavy atom. The second kappa shape index (κ2) is 7.56. The summed E-state index contributed by atoms with van der Waals surface area (Å²) in [7, 11) is 1.62. The first-order valence-electron chi connectivity index (χ1n) is 4.60. The molecule has 0 aliphatic rings. The summed E-state index contributed by atoms with van der Waals surface area (Å²) in [6.07, 6.45) is 0. The SMILES string of the molecule is COCCOCCNc1nc(Cl)nnc1Cl. The Labute approximate surface area is 103 Å². The molecule has 1 N–H and O–H groups in total. The monoisotopic (exact) mass is 266 g/mol. The van der Waals surface area contributed by atoms with E-state index in [0.29, 0.717) is 32.2 Å². The molecule has 0 radical (unpaired) electrons. The van der Waals surface area contributed by atoms with Gasteiger partial charge in [0.25, 0.3) is 0 Å². The molecule has 0 saturated carbocycles. The molecular weight excluding hydrogens is 255 g/mol. The predicted octanol–water partition coefficient (Wildman–Crippen LogP) is 1.25. The van der Waals surface area contributed by atoms with Gasteiger partial charge in [0.2, 0.25) is 5.28 Å². The van der Waals surface area contributed by atoms with Gasteiger partial charge in [-0.3, -0.25) is 0 Å². The van der Waals surface area contributed by atoms with E-state index in [1.165, 1.54) is 0 Å². The third-order valence-corrected chi connectivity index (χ3v) is 2.01. The van der Waals surface area contributed by atoms with Crippen molar-refractivity contribution >= 4 is 29.0 Å². The average Bonchev–Trinajstić information content (AvgIpc) is 2.28. The fourth-order valence-electron chi connectivity index (χ4n) is 0.892. The van der Waals surface area contributed by atoms with Gasteiger partial charge in [0.1, 0.15) is 0 Å². The van der Waals surface area contributed by atoms with E-state index >= 15 is 0 Å². The first-order chi connectivity index (χ1) is 7.74. The van der Waals surface area contributed by atoms with Gasteiger partial charge in [-0.15, -0.1) is 10.2 Å². The van der Waals surface area contributed by atoms with Crippen LogP contribution < -0.4 is 5.32 Å². The summed E-state index contributed by atoms with van der Waals surface area (Å²) in [4.78, 5) is 3.88. The van der Waals surface area contributed by atoms with E-state index < -0.39 is 0 Å². The minimum absolute atomic E-state index is 0.0483. The Morgan fingerprint density at radius 1 is 1.19 bits per heavy atom. The molecule has 1 aromatic rings. The van der Waals surface area contributed by atoms with Crippen molar-refractivity contribution in [1.29, 1.82) is 0 Å². The molecule has 1 aromatic heterocycles. The molecular formula is C8H12Cl2N4O2. The largest absolute Gasteiger partial charge is 0.382 e. The molecule has 0 unspecified atom stereocenters. The number of aromatic nitrogens is 3. The number of halogens is 2. The lowest BCUT2D eigenvalue weighted by Gasteiger charge is -2.06. The normalized spacial score (nSPS) is 10.4. The lowest BCUT2D eigenvalue weighted by molar-refractivity contribution is 0.0759. The van der Waals surface area contributed by atoms with Crippen molar-refractivity contribution < 1.29 is 9.47 Å². The van der Waals surface area contributed by atoms with Gasteiger partial charge in [0.15, 0.2) is 11.0 Å². The third kappa shape index (κ3) is 4.89. The smallest absolute Gasteiger partial charge is 0.245 e. The number of methoxy groups -OCH3 is 1. The van der Waals surface area contributed by atoms with Gasteiger partial charge in [-0.2, -0.15) is 4.98 Å². The number of ether oxygens (including phenoxy) is 2. The van der Waals surface area contributed by atoms with Crippen LogP contribution in [0.5, 0.6) is 0 Å². The molecule has 0 atom stereocenters. The standard InChI is InChI=1S/C8H12Cl2N4O2/c1-15-4-5-16-3-2-11-7-6(9)13-14-8(10)12-7/h2-5H2,1H3,(H,11,12,14). The van der Waals surface area contributed by atoms with Crippen molar-refractivity contribution in [2.75, 3.05) is 38.8 Å². The van der Waals surface area contributed by atoms with Crippen LogP contribution in [0.3, 0.4) is 0 Å². The molecule has 1 heterocycles. The first-order valence-corrected chi connectivity index (χ1v) is 5.36. The van der Waals surface area contributed by atoms with Gasteiger partial charge in [-0.1, -0.05) is 11.6 Å². The number of anilines is 1. The first kappa shape index (κ1) is 13.4. The van der Waals surface area contributed by atoms with Gasteiger partial charge in [0, 0.05) is 13.7 Å². The zero-order chi connectivity index (χ0) is 11.8. The molecule has 6 nitrogen and oxygen atoms in total. The number of nitrogens with zero attached hydrogens (tertiary/aromatic N) is 3. The van der Waals surface area contributed by atoms with E-state index in [4.69, 9.17) is 32.7 Å². The Balaban J connectivity index is 2.23. The predicted molar refractivity (Wildman–Crippen MR) is 61.0 cm³/mol. The number of hydrogen-bond acceptors (Lipinski definition) is 6. The van der Waals surface area contributed by atoms with Gasteiger partial charge in [0.05, 0.1) is 19.8 Å². The second-order valence-corrected chi connectivity index (χ2v) is 3.45. The Kier molecular flexibility index (Phi) is 6.32. The fourth-order valence-corrected chi connectivity index (χ4v) is 1.16. The molecule has 0 fully saturated rings. The van der Waals surface area contributed by atoms with Crippen LogP contribution in [0.2, 0.25) is 10.4 Å². The van der Waals surface area contributed by atoms with E-state index in [2.05, 4.69) is 20.5 Å². The molecule has 0 amide bonds. The molecule has 1 rings (SSSR count). The minimum Gasteiger partial charge on any atom is -0.382 e. The number of hydrogen-bond donors (Lipinski definition) is 1. The summed E-state index contributed by atoms with van der Waals surface area (Å²) in [6.45, 7) is 2.19. The van der Waals surface area contributed by atoms with Crippen molar-refractivity contribution in [1.82, 2.24) is 15.2 Å². The average molecular weight is 267 g/mol. The lowest BCUT2D eigenvalue weighted by Crippen LogP contribution is -2.13. The van der Waals surface area contributed by atoms with Gasteiger partial charge in [-0.05, 0) is 11.6 Å². The molecule has 0 aliphatic carbocycles. The van der Waals surface area contributed by atoms with Crippen LogP contribution in [-0.2, 0) is 9.47 Å². The topological polar surface area (TPSA) is 69.2 Å². The van der Waals surface area contributed by atoms with Crippen molar-refractivity contribution in [3.63, 3.8) is 0 Å². The van der Waals surface area contributed by atoms with Crippen LogP contribution >= 0.6 is 23.2 Å². The summed E-state index contributed by atoms with van der Waals surface area (Å²) in [5, 5.41) is 10.3. The molecule has 0 bridgehead atoms. The van der Waals surface area contributed by atoms with Crippen LogP contribution in [0.25, 0.3) is 0 Å². The molecule has 90 valence electrons. The zero-order valence-corrected chi connectivity index (χ0v) is 10.3. The Bertz CT molecular complexity index is 327. The molecule has 0 aromatic carbocycles. The van der Waals surface area contributed by atoms with Crippen LogP contribution in [0.1, 0.15) is 0 Å².